The molecule has 1 aromatic carbocycles. The van der Waals surface area contributed by atoms with Crippen molar-refractivity contribution in [1.29, 1.82) is 0 Å². The number of nitrogens with one attached hydrogen (secondary N) is 2. The number of fused-ring (bicyclic) bond motifs is 1. The van der Waals surface area contributed by atoms with Crippen LogP contribution in [-0.4, -0.2) is 37.6 Å². The number of benzene rings is 1. The second-order valence-corrected chi connectivity index (χ2v) is 5.17. The first-order chi connectivity index (χ1) is 10.9. The summed E-state index contributed by atoms with van der Waals surface area (Å²) in [6, 6.07) is 12.4. The molecule has 0 radical (unpaired) electrons. The van der Waals surface area contributed by atoms with Crippen molar-refractivity contribution in [3.63, 3.8) is 0 Å². The van der Waals surface area contributed by atoms with Gasteiger partial charge >= 0.3 is 0 Å². The van der Waals surface area contributed by atoms with Gasteiger partial charge in [0.15, 0.2) is 5.96 Å². The third-order valence-electron chi connectivity index (χ3n) is 3.77. The van der Waals surface area contributed by atoms with Crippen molar-refractivity contribution in [3.8, 4) is 0 Å². The zero-order chi connectivity index (χ0) is 15.2. The topological polar surface area (TPSA) is 52.6 Å². The molecule has 0 aliphatic carbocycles. The Morgan fingerprint density at radius 1 is 1.17 bits per heavy atom. The normalized spacial score (nSPS) is 13.3. The minimum Gasteiger partial charge on any atom is -0.383 e. The van der Waals surface area contributed by atoms with Gasteiger partial charge in [-0.25, -0.2) is 0 Å². The zero-order valence-electron chi connectivity index (χ0n) is 13.2. The van der Waals surface area contributed by atoms with Crippen molar-refractivity contribution in [3.05, 3.63) is 54.4 Å². The fourth-order valence-corrected chi connectivity index (χ4v) is 2.70. The van der Waals surface area contributed by atoms with Gasteiger partial charge < -0.3 is 15.5 Å². The lowest BCUT2D eigenvalue weighted by Crippen LogP contribution is -2.42. The van der Waals surface area contributed by atoms with E-state index in [2.05, 4.69) is 49.8 Å². The van der Waals surface area contributed by atoms with E-state index in [4.69, 9.17) is 0 Å². The number of para-hydroxylation sites is 1. The SMILES string of the molecule is CN=C(NCCNc1ccncc1)N1CCc2ccccc21.I. The summed E-state index contributed by atoms with van der Waals surface area (Å²) in [4.78, 5) is 10.7. The molecule has 1 aliphatic rings. The highest BCUT2D eigenvalue weighted by atomic mass is 127. The Morgan fingerprint density at radius 3 is 2.74 bits per heavy atom. The molecule has 0 fully saturated rings. The summed E-state index contributed by atoms with van der Waals surface area (Å²) in [6.07, 6.45) is 4.65. The van der Waals surface area contributed by atoms with Gasteiger partial charge in [-0.05, 0) is 30.2 Å². The molecular formula is C17H22IN5. The molecule has 6 heteroatoms. The van der Waals surface area contributed by atoms with Gasteiger partial charge in [-0.15, -0.1) is 24.0 Å². The van der Waals surface area contributed by atoms with Crippen molar-refractivity contribution in [2.75, 3.05) is 36.9 Å². The molecule has 122 valence electrons. The third kappa shape index (κ3) is 4.34. The summed E-state index contributed by atoms with van der Waals surface area (Å²) in [5.74, 6) is 0.932. The summed E-state index contributed by atoms with van der Waals surface area (Å²) in [7, 11) is 1.83. The maximum absolute atomic E-state index is 4.41. The van der Waals surface area contributed by atoms with E-state index < -0.39 is 0 Å². The van der Waals surface area contributed by atoms with E-state index >= 15 is 0 Å². The maximum atomic E-state index is 4.41. The van der Waals surface area contributed by atoms with E-state index in [0.29, 0.717) is 0 Å². The Labute approximate surface area is 154 Å². The lowest BCUT2D eigenvalue weighted by atomic mass is 10.2. The van der Waals surface area contributed by atoms with E-state index in [-0.39, 0.29) is 24.0 Å². The number of rotatable bonds is 4. The molecule has 0 unspecified atom stereocenters. The average molecular weight is 423 g/mol. The predicted molar refractivity (Wildman–Crippen MR) is 107 cm³/mol. The highest BCUT2D eigenvalue weighted by molar-refractivity contribution is 14.0. The molecular weight excluding hydrogens is 401 g/mol. The molecule has 1 aromatic heterocycles. The molecule has 0 atom stereocenters. The molecule has 0 saturated carbocycles. The van der Waals surface area contributed by atoms with Gasteiger partial charge in [-0.3, -0.25) is 9.98 Å². The lowest BCUT2D eigenvalue weighted by molar-refractivity contribution is 0.867. The molecule has 2 aromatic rings. The number of nitrogens with zero attached hydrogens (tertiary/aromatic N) is 3. The number of hydrogen-bond acceptors (Lipinski definition) is 3. The number of aliphatic imine (C=N–C) groups is 1. The Hall–Kier alpha value is -1.83. The number of hydrogen-bond donors (Lipinski definition) is 2. The Balaban J connectivity index is 0.00000192. The first-order valence-electron chi connectivity index (χ1n) is 7.58. The van der Waals surface area contributed by atoms with E-state index in [1.807, 2.05) is 19.2 Å². The summed E-state index contributed by atoms with van der Waals surface area (Å²) in [6.45, 7) is 2.63. The molecule has 3 rings (SSSR count). The molecule has 0 saturated heterocycles. The average Bonchev–Trinajstić information content (AvgIpc) is 3.00. The molecule has 0 amide bonds. The smallest absolute Gasteiger partial charge is 0.198 e. The number of aromatic nitrogens is 1. The van der Waals surface area contributed by atoms with Crippen LogP contribution in [0.4, 0.5) is 11.4 Å². The second kappa shape index (κ2) is 8.71. The quantitative estimate of drug-likeness (QED) is 0.344. The molecule has 1 aliphatic heterocycles. The van der Waals surface area contributed by atoms with Crippen LogP contribution in [0.25, 0.3) is 0 Å². The van der Waals surface area contributed by atoms with E-state index in [1.54, 1.807) is 12.4 Å². The monoisotopic (exact) mass is 423 g/mol. The van der Waals surface area contributed by atoms with Crippen molar-refractivity contribution in [2.24, 2.45) is 4.99 Å². The molecule has 2 heterocycles. The first kappa shape index (κ1) is 17.5. The van der Waals surface area contributed by atoms with E-state index in [1.165, 1.54) is 11.3 Å². The van der Waals surface area contributed by atoms with E-state index in [0.717, 1.165) is 37.7 Å². The molecule has 23 heavy (non-hydrogen) atoms. The minimum absolute atomic E-state index is 0. The number of halogens is 1. The first-order valence-corrected chi connectivity index (χ1v) is 7.58. The maximum Gasteiger partial charge on any atom is 0.198 e. The van der Waals surface area contributed by atoms with Gasteiger partial charge in [0, 0.05) is 50.5 Å². The fourth-order valence-electron chi connectivity index (χ4n) is 2.70. The van der Waals surface area contributed by atoms with Crippen LogP contribution >= 0.6 is 24.0 Å². The number of anilines is 2. The Kier molecular flexibility index (Phi) is 6.64. The van der Waals surface area contributed by atoms with Crippen molar-refractivity contribution in [2.45, 2.75) is 6.42 Å². The van der Waals surface area contributed by atoms with Crippen LogP contribution in [0.2, 0.25) is 0 Å². The van der Waals surface area contributed by atoms with Crippen LogP contribution in [0.3, 0.4) is 0 Å². The van der Waals surface area contributed by atoms with Crippen molar-refractivity contribution in [1.82, 2.24) is 10.3 Å². The Morgan fingerprint density at radius 2 is 1.96 bits per heavy atom. The van der Waals surface area contributed by atoms with E-state index in [9.17, 15) is 0 Å². The van der Waals surface area contributed by atoms with Crippen molar-refractivity contribution < 1.29 is 0 Å². The lowest BCUT2D eigenvalue weighted by Gasteiger charge is -2.22. The van der Waals surface area contributed by atoms with Crippen molar-refractivity contribution >= 4 is 41.3 Å². The Bertz CT molecular complexity index is 644. The van der Waals surface area contributed by atoms with Gasteiger partial charge in [0.25, 0.3) is 0 Å². The summed E-state index contributed by atoms with van der Waals surface area (Å²) in [5, 5.41) is 6.78. The highest BCUT2D eigenvalue weighted by Crippen LogP contribution is 2.27. The molecule has 2 N–H and O–H groups in total. The minimum atomic E-state index is 0. The number of guanidine groups is 1. The standard InChI is InChI=1S/C17H21N5.HI/c1-18-17(21-12-11-20-15-6-9-19-10-7-15)22-13-8-14-4-2-3-5-16(14)22;/h2-7,9-10H,8,11-13H2,1H3,(H,18,21)(H,19,20);1H. The van der Waals surface area contributed by atoms with Crippen LogP contribution in [0.15, 0.2) is 53.8 Å². The van der Waals surface area contributed by atoms with Crippen LogP contribution in [0, 0.1) is 0 Å². The molecule has 5 nitrogen and oxygen atoms in total. The summed E-state index contributed by atoms with van der Waals surface area (Å²) in [5.41, 5.74) is 3.73. The van der Waals surface area contributed by atoms with Gasteiger partial charge in [0.2, 0.25) is 0 Å². The largest absolute Gasteiger partial charge is 0.383 e. The second-order valence-electron chi connectivity index (χ2n) is 5.17. The molecule has 0 spiro atoms. The third-order valence-corrected chi connectivity index (χ3v) is 3.77. The predicted octanol–water partition coefficient (Wildman–Crippen LogP) is 2.75. The van der Waals surface area contributed by atoms with Gasteiger partial charge in [0.1, 0.15) is 0 Å². The molecule has 0 bridgehead atoms. The fraction of sp³-hybridized carbons (Fsp3) is 0.294. The van der Waals surface area contributed by atoms with Gasteiger partial charge in [-0.2, -0.15) is 0 Å². The van der Waals surface area contributed by atoms with Crippen LogP contribution in [0.1, 0.15) is 5.56 Å². The van der Waals surface area contributed by atoms with Crippen LogP contribution < -0.4 is 15.5 Å². The summed E-state index contributed by atoms with van der Waals surface area (Å²) >= 11 is 0. The number of pyridine rings is 1. The van der Waals surface area contributed by atoms with Crippen LogP contribution in [0.5, 0.6) is 0 Å². The van der Waals surface area contributed by atoms with Crippen LogP contribution in [-0.2, 0) is 6.42 Å². The van der Waals surface area contributed by atoms with Gasteiger partial charge in [-0.1, -0.05) is 18.2 Å². The highest BCUT2D eigenvalue weighted by Gasteiger charge is 2.21. The zero-order valence-corrected chi connectivity index (χ0v) is 15.5. The summed E-state index contributed by atoms with van der Waals surface area (Å²) < 4.78 is 0. The van der Waals surface area contributed by atoms with Gasteiger partial charge in [0.05, 0.1) is 0 Å².